The van der Waals surface area contributed by atoms with Crippen molar-refractivity contribution in [3.63, 3.8) is 0 Å². The molecule has 13 heavy (non-hydrogen) atoms. The maximum Gasteiger partial charge on any atom is 0.104 e. The summed E-state index contributed by atoms with van der Waals surface area (Å²) in [4.78, 5) is 2.13. The molecule has 0 amide bonds. The van der Waals surface area contributed by atoms with Crippen molar-refractivity contribution in [1.29, 1.82) is 0 Å². The van der Waals surface area contributed by atoms with Crippen LogP contribution >= 0.6 is 0 Å². The molecule has 78 valence electrons. The second-order valence-electron chi connectivity index (χ2n) is 4.34. The maximum atomic E-state index is 9.49. The van der Waals surface area contributed by atoms with Crippen molar-refractivity contribution in [3.05, 3.63) is 0 Å². The van der Waals surface area contributed by atoms with E-state index in [0.29, 0.717) is 6.04 Å². The lowest BCUT2D eigenvalue weighted by Crippen LogP contribution is -2.40. The molecule has 3 unspecified atom stereocenters. The first-order valence-corrected chi connectivity index (χ1v) is 5.56. The fourth-order valence-corrected chi connectivity index (χ4v) is 2.54. The topological polar surface area (TPSA) is 23.5 Å². The summed E-state index contributed by atoms with van der Waals surface area (Å²) in [5.41, 5.74) is 0. The van der Waals surface area contributed by atoms with Crippen LogP contribution in [0.15, 0.2) is 0 Å². The Labute approximate surface area is 81.9 Å². The summed E-state index contributed by atoms with van der Waals surface area (Å²) in [6.45, 7) is 4.11. The van der Waals surface area contributed by atoms with Gasteiger partial charge in [-0.05, 0) is 39.2 Å². The van der Waals surface area contributed by atoms with Crippen LogP contribution in [0, 0.1) is 5.92 Å². The van der Waals surface area contributed by atoms with Gasteiger partial charge in [-0.3, -0.25) is 4.90 Å². The van der Waals surface area contributed by atoms with Crippen LogP contribution in [0.4, 0.5) is 0 Å². The molecule has 0 saturated heterocycles. The zero-order valence-electron chi connectivity index (χ0n) is 9.16. The van der Waals surface area contributed by atoms with E-state index in [-0.39, 0.29) is 6.23 Å². The Morgan fingerprint density at radius 2 is 2.15 bits per heavy atom. The molecule has 3 atom stereocenters. The molecule has 0 bridgehead atoms. The van der Waals surface area contributed by atoms with E-state index in [2.05, 4.69) is 11.8 Å². The smallest absolute Gasteiger partial charge is 0.104 e. The van der Waals surface area contributed by atoms with Gasteiger partial charge in [0.05, 0.1) is 0 Å². The highest BCUT2D eigenvalue weighted by molar-refractivity contribution is 4.84. The lowest BCUT2D eigenvalue weighted by molar-refractivity contribution is -0.00353. The van der Waals surface area contributed by atoms with Gasteiger partial charge in [0.2, 0.25) is 0 Å². The molecule has 0 spiro atoms. The highest BCUT2D eigenvalue weighted by Gasteiger charge is 2.30. The Morgan fingerprint density at radius 3 is 2.69 bits per heavy atom. The number of hydrogen-bond donors (Lipinski definition) is 1. The number of hydrogen-bond acceptors (Lipinski definition) is 2. The largest absolute Gasteiger partial charge is 0.379 e. The Kier molecular flexibility index (Phi) is 4.20. The third kappa shape index (κ3) is 2.68. The van der Waals surface area contributed by atoms with Gasteiger partial charge in [-0.15, -0.1) is 0 Å². The number of rotatable bonds is 4. The zero-order chi connectivity index (χ0) is 9.84. The van der Waals surface area contributed by atoms with Crippen molar-refractivity contribution >= 4 is 0 Å². The van der Waals surface area contributed by atoms with E-state index >= 15 is 0 Å². The van der Waals surface area contributed by atoms with E-state index in [1.54, 1.807) is 0 Å². The summed E-state index contributed by atoms with van der Waals surface area (Å²) < 4.78 is 0. The van der Waals surface area contributed by atoms with Gasteiger partial charge in [-0.1, -0.05) is 19.8 Å². The van der Waals surface area contributed by atoms with E-state index in [9.17, 15) is 5.11 Å². The van der Waals surface area contributed by atoms with E-state index in [1.165, 1.54) is 32.1 Å². The van der Waals surface area contributed by atoms with E-state index in [0.717, 1.165) is 5.92 Å². The molecule has 0 aromatic heterocycles. The lowest BCUT2D eigenvalue weighted by Gasteiger charge is -2.31. The van der Waals surface area contributed by atoms with Crippen molar-refractivity contribution < 1.29 is 5.11 Å². The molecular formula is C11H23NO. The van der Waals surface area contributed by atoms with Crippen LogP contribution in [0.25, 0.3) is 0 Å². The van der Waals surface area contributed by atoms with Gasteiger partial charge in [0.1, 0.15) is 6.23 Å². The lowest BCUT2D eigenvalue weighted by atomic mass is 9.97. The van der Waals surface area contributed by atoms with Gasteiger partial charge in [0, 0.05) is 6.04 Å². The molecule has 1 aliphatic rings. The van der Waals surface area contributed by atoms with Crippen LogP contribution in [-0.4, -0.2) is 29.3 Å². The van der Waals surface area contributed by atoms with Crippen molar-refractivity contribution in [2.45, 2.75) is 58.2 Å². The van der Waals surface area contributed by atoms with Gasteiger partial charge in [0.15, 0.2) is 0 Å². The highest BCUT2D eigenvalue weighted by Crippen LogP contribution is 2.32. The summed E-state index contributed by atoms with van der Waals surface area (Å²) in [6.07, 6.45) is 6.27. The zero-order valence-corrected chi connectivity index (χ0v) is 9.16. The molecular weight excluding hydrogens is 162 g/mol. The molecule has 1 N–H and O–H groups in total. The highest BCUT2D eigenvalue weighted by atomic mass is 16.3. The molecule has 0 heterocycles. The van der Waals surface area contributed by atoms with Gasteiger partial charge in [0.25, 0.3) is 0 Å². The SMILES string of the molecule is CCCC1CCCC1N(C)C(C)O. The summed E-state index contributed by atoms with van der Waals surface area (Å²) in [5.74, 6) is 0.824. The van der Waals surface area contributed by atoms with Crippen LogP contribution in [0.5, 0.6) is 0 Å². The molecule has 1 saturated carbocycles. The number of aliphatic hydroxyl groups is 1. The summed E-state index contributed by atoms with van der Waals surface area (Å²) in [5, 5.41) is 9.49. The van der Waals surface area contributed by atoms with Crippen molar-refractivity contribution in [2.24, 2.45) is 5.92 Å². The fraction of sp³-hybridized carbons (Fsp3) is 1.00. The van der Waals surface area contributed by atoms with Crippen LogP contribution in [0.3, 0.4) is 0 Å². The molecule has 1 aliphatic carbocycles. The van der Waals surface area contributed by atoms with Crippen LogP contribution in [-0.2, 0) is 0 Å². The summed E-state index contributed by atoms with van der Waals surface area (Å²) >= 11 is 0. The van der Waals surface area contributed by atoms with Crippen molar-refractivity contribution in [2.75, 3.05) is 7.05 Å². The number of nitrogens with zero attached hydrogens (tertiary/aromatic N) is 1. The van der Waals surface area contributed by atoms with Crippen LogP contribution in [0.1, 0.15) is 46.0 Å². The predicted octanol–water partition coefficient (Wildman–Crippen LogP) is 2.23. The Bertz CT molecular complexity index is 147. The third-order valence-electron chi connectivity index (χ3n) is 3.39. The minimum atomic E-state index is -0.289. The minimum absolute atomic E-state index is 0.289. The Hall–Kier alpha value is -0.0800. The van der Waals surface area contributed by atoms with Crippen molar-refractivity contribution in [1.82, 2.24) is 4.90 Å². The quantitative estimate of drug-likeness (QED) is 0.679. The molecule has 0 aromatic rings. The first-order chi connectivity index (χ1) is 6.16. The van der Waals surface area contributed by atoms with Gasteiger partial charge in [-0.2, -0.15) is 0 Å². The summed E-state index contributed by atoms with van der Waals surface area (Å²) in [6, 6.07) is 0.625. The predicted molar refractivity (Wildman–Crippen MR) is 55.5 cm³/mol. The third-order valence-corrected chi connectivity index (χ3v) is 3.39. The van der Waals surface area contributed by atoms with E-state index < -0.39 is 0 Å². The summed E-state index contributed by atoms with van der Waals surface area (Å²) in [7, 11) is 2.04. The van der Waals surface area contributed by atoms with Gasteiger partial charge in [-0.25, -0.2) is 0 Å². The monoisotopic (exact) mass is 185 g/mol. The average Bonchev–Trinajstić information content (AvgIpc) is 2.52. The van der Waals surface area contributed by atoms with E-state index in [1.807, 2.05) is 14.0 Å². The normalized spacial score (nSPS) is 31.2. The minimum Gasteiger partial charge on any atom is -0.379 e. The van der Waals surface area contributed by atoms with E-state index in [4.69, 9.17) is 0 Å². The van der Waals surface area contributed by atoms with Crippen LogP contribution < -0.4 is 0 Å². The average molecular weight is 185 g/mol. The molecule has 0 aliphatic heterocycles. The first-order valence-electron chi connectivity index (χ1n) is 5.56. The molecule has 0 aromatic carbocycles. The van der Waals surface area contributed by atoms with Gasteiger partial charge >= 0.3 is 0 Å². The second-order valence-corrected chi connectivity index (χ2v) is 4.34. The Balaban J connectivity index is 2.47. The molecule has 2 nitrogen and oxygen atoms in total. The van der Waals surface area contributed by atoms with Gasteiger partial charge < -0.3 is 5.11 Å². The standard InChI is InChI=1S/C11H23NO/c1-4-6-10-7-5-8-11(10)12(3)9(2)13/h9-11,13H,4-8H2,1-3H3. The van der Waals surface area contributed by atoms with Crippen LogP contribution in [0.2, 0.25) is 0 Å². The first kappa shape index (κ1) is 11.0. The fourth-order valence-electron chi connectivity index (χ4n) is 2.54. The maximum absolute atomic E-state index is 9.49. The molecule has 0 radical (unpaired) electrons. The molecule has 1 fully saturated rings. The molecule has 2 heteroatoms. The Morgan fingerprint density at radius 1 is 1.46 bits per heavy atom. The van der Waals surface area contributed by atoms with Crippen molar-refractivity contribution in [3.8, 4) is 0 Å². The molecule has 1 rings (SSSR count). The second kappa shape index (κ2) is 4.97. The number of aliphatic hydroxyl groups excluding tert-OH is 1.